The highest BCUT2D eigenvalue weighted by molar-refractivity contribution is 5.93. The Kier molecular flexibility index (Phi) is 6.20. The van der Waals surface area contributed by atoms with Crippen molar-refractivity contribution in [1.82, 2.24) is 4.90 Å². The van der Waals surface area contributed by atoms with Gasteiger partial charge in [-0.2, -0.15) is 0 Å². The molecule has 1 aliphatic rings. The molecule has 0 radical (unpaired) electrons. The minimum atomic E-state index is -0.178. The molecule has 1 aliphatic heterocycles. The first-order valence-electron chi connectivity index (χ1n) is 9.03. The van der Waals surface area contributed by atoms with E-state index in [9.17, 15) is 4.79 Å². The molecule has 1 atom stereocenters. The molecular formula is C21H26N2O2. The van der Waals surface area contributed by atoms with E-state index in [1.165, 1.54) is 5.56 Å². The van der Waals surface area contributed by atoms with E-state index in [2.05, 4.69) is 29.2 Å². The van der Waals surface area contributed by atoms with Crippen molar-refractivity contribution in [3.63, 3.8) is 0 Å². The van der Waals surface area contributed by atoms with Crippen molar-refractivity contribution in [3.8, 4) is 0 Å². The number of para-hydroxylation sites is 1. The zero-order valence-electron chi connectivity index (χ0n) is 14.8. The fraction of sp³-hybridized carbons (Fsp3) is 0.381. The smallest absolute Gasteiger partial charge is 0.228 e. The van der Waals surface area contributed by atoms with E-state index in [0.717, 1.165) is 31.6 Å². The summed E-state index contributed by atoms with van der Waals surface area (Å²) in [6, 6.07) is 20.3. The third kappa shape index (κ3) is 4.68. The lowest BCUT2D eigenvalue weighted by molar-refractivity contribution is -0.125. The molecule has 25 heavy (non-hydrogen) atoms. The predicted octanol–water partition coefficient (Wildman–Crippen LogP) is 3.68. The van der Waals surface area contributed by atoms with Crippen LogP contribution in [0.25, 0.3) is 0 Å². The number of hydrogen-bond acceptors (Lipinski definition) is 3. The monoisotopic (exact) mass is 338 g/mol. The zero-order valence-corrected chi connectivity index (χ0v) is 14.8. The van der Waals surface area contributed by atoms with Crippen LogP contribution >= 0.6 is 0 Å². The molecule has 0 aliphatic carbocycles. The third-order valence-corrected chi connectivity index (χ3v) is 4.59. The fourth-order valence-corrected chi connectivity index (χ4v) is 3.17. The Morgan fingerprint density at radius 3 is 2.40 bits per heavy atom. The molecule has 132 valence electrons. The molecule has 1 fully saturated rings. The van der Waals surface area contributed by atoms with Crippen LogP contribution in [0.3, 0.4) is 0 Å². The summed E-state index contributed by atoms with van der Waals surface area (Å²) < 4.78 is 6.05. The summed E-state index contributed by atoms with van der Waals surface area (Å²) in [5, 5.41) is 0. The summed E-state index contributed by atoms with van der Waals surface area (Å²) in [5.41, 5.74) is 2.26. The molecule has 4 heteroatoms. The van der Waals surface area contributed by atoms with E-state index in [1.54, 1.807) is 0 Å². The van der Waals surface area contributed by atoms with Gasteiger partial charge in [-0.05, 0) is 24.1 Å². The molecule has 1 amide bonds. The second-order valence-electron chi connectivity index (χ2n) is 6.35. The molecule has 0 bridgehead atoms. The van der Waals surface area contributed by atoms with Crippen molar-refractivity contribution in [1.29, 1.82) is 0 Å². The first-order valence-corrected chi connectivity index (χ1v) is 9.03. The summed E-state index contributed by atoms with van der Waals surface area (Å²) in [7, 11) is 0. The van der Waals surface area contributed by atoms with E-state index in [0.29, 0.717) is 13.2 Å². The van der Waals surface area contributed by atoms with E-state index >= 15 is 0 Å². The summed E-state index contributed by atoms with van der Waals surface area (Å²) in [6.45, 7) is 4.38. The lowest BCUT2D eigenvalue weighted by Gasteiger charge is -2.38. The Hall–Kier alpha value is -2.17. The minimum Gasteiger partial charge on any atom is -0.343 e. The third-order valence-electron chi connectivity index (χ3n) is 4.59. The van der Waals surface area contributed by atoms with Gasteiger partial charge in [-0.15, -0.1) is 0 Å². The number of carbonyl (C=O) groups is 1. The molecule has 0 spiro atoms. The van der Waals surface area contributed by atoms with Crippen LogP contribution < -0.4 is 4.90 Å². The average molecular weight is 338 g/mol. The van der Waals surface area contributed by atoms with E-state index in [4.69, 9.17) is 4.74 Å². The normalized spacial score (nSPS) is 18.0. The average Bonchev–Trinajstić information content (AvgIpc) is 2.69. The number of anilines is 1. The van der Waals surface area contributed by atoms with Crippen LogP contribution in [-0.2, 0) is 16.0 Å². The molecule has 0 N–H and O–H groups in total. The highest BCUT2D eigenvalue weighted by atomic mass is 16.5. The topological polar surface area (TPSA) is 32.8 Å². The molecule has 3 rings (SSSR count). The number of benzene rings is 2. The van der Waals surface area contributed by atoms with Crippen molar-refractivity contribution >= 4 is 11.6 Å². The van der Waals surface area contributed by atoms with Gasteiger partial charge in [0.15, 0.2) is 0 Å². The fourth-order valence-electron chi connectivity index (χ4n) is 3.17. The van der Waals surface area contributed by atoms with Crippen LogP contribution in [0.4, 0.5) is 5.69 Å². The Labute approximate surface area is 150 Å². The second kappa shape index (κ2) is 8.79. The van der Waals surface area contributed by atoms with E-state index in [1.807, 2.05) is 48.2 Å². The maximum atomic E-state index is 12.4. The molecule has 0 saturated carbocycles. The van der Waals surface area contributed by atoms with Crippen LogP contribution in [-0.4, -0.2) is 36.9 Å². The Balaban J connectivity index is 1.57. The minimum absolute atomic E-state index is 0.105. The summed E-state index contributed by atoms with van der Waals surface area (Å²) in [5.74, 6) is 0.105. The number of nitrogens with zero attached hydrogens (tertiary/aromatic N) is 2. The maximum Gasteiger partial charge on any atom is 0.228 e. The van der Waals surface area contributed by atoms with Crippen LogP contribution in [0.5, 0.6) is 0 Å². The van der Waals surface area contributed by atoms with Gasteiger partial charge >= 0.3 is 0 Å². The molecular weight excluding hydrogens is 312 g/mol. The SMILES string of the molecule is CCC(=O)N(c1ccccc1)C1CCN(CCc2ccccc2)CO1. The highest BCUT2D eigenvalue weighted by Gasteiger charge is 2.28. The number of carbonyl (C=O) groups excluding carboxylic acids is 1. The van der Waals surface area contributed by atoms with Gasteiger partial charge in [-0.3, -0.25) is 14.6 Å². The molecule has 4 nitrogen and oxygen atoms in total. The Morgan fingerprint density at radius 2 is 1.80 bits per heavy atom. The molecule has 2 aromatic carbocycles. The summed E-state index contributed by atoms with van der Waals surface area (Å²) in [4.78, 5) is 16.6. The molecule has 1 saturated heterocycles. The number of ether oxygens (including phenoxy) is 1. The molecule has 1 unspecified atom stereocenters. The highest BCUT2D eigenvalue weighted by Crippen LogP contribution is 2.23. The Bertz CT molecular complexity index is 652. The molecule has 0 aromatic heterocycles. The maximum absolute atomic E-state index is 12.4. The van der Waals surface area contributed by atoms with Gasteiger partial charge in [0, 0.05) is 31.6 Å². The van der Waals surface area contributed by atoms with Gasteiger partial charge in [0.05, 0.1) is 0 Å². The van der Waals surface area contributed by atoms with Gasteiger partial charge in [0.1, 0.15) is 13.0 Å². The molecule has 1 heterocycles. The van der Waals surface area contributed by atoms with Crippen LogP contribution in [0.15, 0.2) is 60.7 Å². The van der Waals surface area contributed by atoms with Crippen LogP contribution in [0.1, 0.15) is 25.3 Å². The summed E-state index contributed by atoms with van der Waals surface area (Å²) in [6.07, 6.45) is 2.15. The van der Waals surface area contributed by atoms with Gasteiger partial charge in [-0.1, -0.05) is 55.5 Å². The van der Waals surface area contributed by atoms with Crippen LogP contribution in [0, 0.1) is 0 Å². The predicted molar refractivity (Wildman–Crippen MR) is 100 cm³/mol. The number of rotatable bonds is 6. The number of hydrogen-bond donors (Lipinski definition) is 0. The quantitative estimate of drug-likeness (QED) is 0.805. The van der Waals surface area contributed by atoms with Gasteiger partial charge in [-0.25, -0.2) is 0 Å². The van der Waals surface area contributed by atoms with Gasteiger partial charge in [0.25, 0.3) is 0 Å². The van der Waals surface area contributed by atoms with Gasteiger partial charge < -0.3 is 4.74 Å². The summed E-state index contributed by atoms with van der Waals surface area (Å²) >= 11 is 0. The number of amides is 1. The largest absolute Gasteiger partial charge is 0.343 e. The first kappa shape index (κ1) is 17.6. The Morgan fingerprint density at radius 1 is 1.12 bits per heavy atom. The zero-order chi connectivity index (χ0) is 17.5. The van der Waals surface area contributed by atoms with Crippen molar-refractivity contribution in [2.45, 2.75) is 32.4 Å². The molecule has 2 aromatic rings. The van der Waals surface area contributed by atoms with Crippen molar-refractivity contribution in [2.24, 2.45) is 0 Å². The second-order valence-corrected chi connectivity index (χ2v) is 6.35. The van der Waals surface area contributed by atoms with E-state index in [-0.39, 0.29) is 12.1 Å². The lowest BCUT2D eigenvalue weighted by atomic mass is 10.1. The van der Waals surface area contributed by atoms with Crippen molar-refractivity contribution < 1.29 is 9.53 Å². The first-order chi connectivity index (χ1) is 12.3. The van der Waals surface area contributed by atoms with E-state index < -0.39 is 0 Å². The lowest BCUT2D eigenvalue weighted by Crippen LogP contribution is -2.49. The van der Waals surface area contributed by atoms with Crippen molar-refractivity contribution in [2.75, 3.05) is 24.7 Å². The standard InChI is InChI=1S/C21H26N2O2/c1-2-20(24)23(19-11-7-4-8-12-19)21-14-16-22(17-25-21)15-13-18-9-5-3-6-10-18/h3-12,21H,2,13-17H2,1H3. The van der Waals surface area contributed by atoms with Gasteiger partial charge in [0.2, 0.25) is 5.91 Å². The van der Waals surface area contributed by atoms with Crippen molar-refractivity contribution in [3.05, 3.63) is 66.2 Å². The van der Waals surface area contributed by atoms with Crippen LogP contribution in [0.2, 0.25) is 0 Å².